The molecule has 1 unspecified atom stereocenters. The van der Waals surface area contributed by atoms with Gasteiger partial charge in [-0.15, -0.1) is 0 Å². The predicted molar refractivity (Wildman–Crippen MR) is 75.8 cm³/mol. The van der Waals surface area contributed by atoms with E-state index < -0.39 is 0 Å². The molecule has 3 rings (SSSR count). The first-order valence-electron chi connectivity index (χ1n) is 5.83. The molecular formula is C15H12BrNO. The van der Waals surface area contributed by atoms with Crippen LogP contribution in [0.3, 0.4) is 0 Å². The van der Waals surface area contributed by atoms with Gasteiger partial charge in [-0.1, -0.05) is 34.1 Å². The molecule has 0 aliphatic rings. The van der Waals surface area contributed by atoms with E-state index in [-0.39, 0.29) is 4.83 Å². The van der Waals surface area contributed by atoms with Crippen LogP contribution in [0.1, 0.15) is 16.0 Å². The molecule has 2 aromatic heterocycles. The molecule has 0 N–H and O–H groups in total. The Balaban J connectivity index is 1.90. The van der Waals surface area contributed by atoms with Crippen LogP contribution < -0.4 is 0 Å². The summed E-state index contributed by atoms with van der Waals surface area (Å²) in [5.41, 5.74) is 3.39. The highest BCUT2D eigenvalue weighted by Gasteiger charge is 2.14. The molecule has 1 aromatic carbocycles. The zero-order valence-corrected chi connectivity index (χ0v) is 11.3. The largest absolute Gasteiger partial charge is 0.464 e. The molecule has 0 aliphatic carbocycles. The zero-order valence-electron chi connectivity index (χ0n) is 9.71. The molecule has 18 heavy (non-hydrogen) atoms. The van der Waals surface area contributed by atoms with E-state index in [0.29, 0.717) is 0 Å². The summed E-state index contributed by atoms with van der Waals surface area (Å²) in [5, 5.41) is 1.17. The van der Waals surface area contributed by atoms with Crippen LogP contribution in [-0.2, 0) is 6.42 Å². The van der Waals surface area contributed by atoms with E-state index in [9.17, 15) is 0 Å². The fourth-order valence-electron chi connectivity index (χ4n) is 2.08. The summed E-state index contributed by atoms with van der Waals surface area (Å²) in [5.74, 6) is 0. The van der Waals surface area contributed by atoms with Crippen molar-refractivity contribution in [3.05, 3.63) is 66.2 Å². The van der Waals surface area contributed by atoms with E-state index in [1.54, 1.807) is 0 Å². The Morgan fingerprint density at radius 3 is 2.72 bits per heavy atom. The van der Waals surface area contributed by atoms with Crippen molar-refractivity contribution >= 4 is 26.9 Å². The van der Waals surface area contributed by atoms with Crippen molar-refractivity contribution in [1.82, 2.24) is 4.98 Å². The molecule has 3 aromatic rings. The van der Waals surface area contributed by atoms with E-state index in [1.807, 2.05) is 49.0 Å². The molecule has 0 saturated carbocycles. The number of aromatic nitrogens is 1. The Hall–Kier alpha value is -1.61. The highest BCUT2D eigenvalue weighted by molar-refractivity contribution is 9.09. The van der Waals surface area contributed by atoms with Crippen LogP contribution in [0.15, 0.2) is 59.5 Å². The molecule has 0 spiro atoms. The maximum atomic E-state index is 5.57. The Morgan fingerprint density at radius 2 is 1.89 bits per heavy atom. The van der Waals surface area contributed by atoms with Gasteiger partial charge in [0.15, 0.2) is 0 Å². The number of pyridine rings is 1. The summed E-state index contributed by atoms with van der Waals surface area (Å²) in [7, 11) is 0. The average molecular weight is 302 g/mol. The van der Waals surface area contributed by atoms with Crippen molar-refractivity contribution in [3.63, 3.8) is 0 Å². The van der Waals surface area contributed by atoms with Gasteiger partial charge in [-0.25, -0.2) is 0 Å². The summed E-state index contributed by atoms with van der Waals surface area (Å²) < 4.78 is 5.57. The fourth-order valence-corrected chi connectivity index (χ4v) is 2.81. The van der Waals surface area contributed by atoms with Crippen molar-refractivity contribution in [2.45, 2.75) is 11.2 Å². The zero-order chi connectivity index (χ0) is 12.4. The number of furan rings is 1. The normalized spacial score (nSPS) is 12.7. The number of fused-ring (bicyclic) bond motifs is 1. The molecular weight excluding hydrogens is 290 g/mol. The van der Waals surface area contributed by atoms with Gasteiger partial charge in [-0.05, 0) is 30.2 Å². The number of halogens is 1. The van der Waals surface area contributed by atoms with Crippen LogP contribution in [0.2, 0.25) is 0 Å². The second-order valence-corrected chi connectivity index (χ2v) is 5.32. The highest BCUT2D eigenvalue weighted by atomic mass is 79.9. The molecule has 0 amide bonds. The predicted octanol–water partition coefficient (Wildman–Crippen LogP) is 4.51. The van der Waals surface area contributed by atoms with Gasteiger partial charge in [0, 0.05) is 28.2 Å². The van der Waals surface area contributed by atoms with Crippen LogP contribution in [0.25, 0.3) is 11.0 Å². The maximum absolute atomic E-state index is 5.57. The lowest BCUT2D eigenvalue weighted by Crippen LogP contribution is -1.94. The summed E-state index contributed by atoms with van der Waals surface area (Å²) in [6.07, 6.45) is 6.41. The van der Waals surface area contributed by atoms with Gasteiger partial charge in [0.2, 0.25) is 0 Å². The van der Waals surface area contributed by atoms with E-state index >= 15 is 0 Å². The molecule has 1 atom stereocenters. The van der Waals surface area contributed by atoms with Crippen molar-refractivity contribution < 1.29 is 4.42 Å². The summed E-state index contributed by atoms with van der Waals surface area (Å²) in [4.78, 5) is 4.28. The first-order valence-corrected chi connectivity index (χ1v) is 6.75. The minimum atomic E-state index is 0.253. The van der Waals surface area contributed by atoms with Gasteiger partial charge in [0.05, 0.1) is 6.26 Å². The van der Waals surface area contributed by atoms with Crippen LogP contribution in [0, 0.1) is 0 Å². The maximum Gasteiger partial charge on any atom is 0.134 e. The lowest BCUT2D eigenvalue weighted by molar-refractivity contribution is 0.610. The van der Waals surface area contributed by atoms with Gasteiger partial charge in [0.25, 0.3) is 0 Å². The van der Waals surface area contributed by atoms with Gasteiger partial charge in [-0.2, -0.15) is 0 Å². The molecule has 2 heterocycles. The highest BCUT2D eigenvalue weighted by Crippen LogP contribution is 2.33. The lowest BCUT2D eigenvalue weighted by Gasteiger charge is -2.07. The quantitative estimate of drug-likeness (QED) is 0.665. The second-order valence-electron chi connectivity index (χ2n) is 4.21. The third-order valence-corrected chi connectivity index (χ3v) is 3.83. The minimum absolute atomic E-state index is 0.253. The van der Waals surface area contributed by atoms with Gasteiger partial charge >= 0.3 is 0 Å². The van der Waals surface area contributed by atoms with Crippen LogP contribution in [0.4, 0.5) is 0 Å². The van der Waals surface area contributed by atoms with Gasteiger partial charge in [0.1, 0.15) is 5.58 Å². The van der Waals surface area contributed by atoms with E-state index in [2.05, 4.69) is 27.0 Å². The SMILES string of the molecule is BrC(Cc1ccncc1)c1coc2ccccc12. The smallest absolute Gasteiger partial charge is 0.134 e. The third-order valence-electron chi connectivity index (χ3n) is 3.01. The van der Waals surface area contributed by atoms with Crippen molar-refractivity contribution in [1.29, 1.82) is 0 Å². The van der Waals surface area contributed by atoms with Crippen molar-refractivity contribution in [2.24, 2.45) is 0 Å². The van der Waals surface area contributed by atoms with Crippen molar-refractivity contribution in [3.8, 4) is 0 Å². The second kappa shape index (κ2) is 4.94. The van der Waals surface area contributed by atoms with Crippen LogP contribution in [0.5, 0.6) is 0 Å². The molecule has 90 valence electrons. The number of benzene rings is 1. The number of para-hydroxylation sites is 1. The molecule has 0 radical (unpaired) electrons. The van der Waals surface area contributed by atoms with E-state index in [4.69, 9.17) is 4.42 Å². The van der Waals surface area contributed by atoms with E-state index in [0.717, 1.165) is 12.0 Å². The summed E-state index contributed by atoms with van der Waals surface area (Å²) in [6.45, 7) is 0. The Kier molecular flexibility index (Phi) is 3.15. The standard InChI is InChI=1S/C15H12BrNO/c16-14(9-11-5-7-17-8-6-11)13-10-18-15-4-2-1-3-12(13)15/h1-8,10,14H,9H2. The molecule has 0 saturated heterocycles. The third kappa shape index (κ3) is 2.18. The minimum Gasteiger partial charge on any atom is -0.464 e. The Labute approximate surface area is 114 Å². The Morgan fingerprint density at radius 1 is 1.11 bits per heavy atom. The van der Waals surface area contributed by atoms with Crippen molar-refractivity contribution in [2.75, 3.05) is 0 Å². The van der Waals surface area contributed by atoms with Crippen LogP contribution in [-0.4, -0.2) is 4.98 Å². The van der Waals surface area contributed by atoms with Gasteiger partial charge < -0.3 is 4.42 Å². The summed E-state index contributed by atoms with van der Waals surface area (Å²) in [6, 6.07) is 12.2. The first kappa shape index (κ1) is 11.5. The molecule has 0 aliphatic heterocycles. The first-order chi connectivity index (χ1) is 8.84. The molecule has 0 bridgehead atoms. The lowest BCUT2D eigenvalue weighted by atomic mass is 10.0. The van der Waals surface area contributed by atoms with Gasteiger partial charge in [-0.3, -0.25) is 4.98 Å². The molecule has 0 fully saturated rings. The van der Waals surface area contributed by atoms with Crippen LogP contribution >= 0.6 is 15.9 Å². The molecule has 3 heteroatoms. The summed E-state index contributed by atoms with van der Waals surface area (Å²) >= 11 is 3.74. The monoisotopic (exact) mass is 301 g/mol. The number of rotatable bonds is 3. The topological polar surface area (TPSA) is 26.0 Å². The number of nitrogens with zero attached hydrogens (tertiary/aromatic N) is 1. The number of hydrogen-bond donors (Lipinski definition) is 0. The van der Waals surface area contributed by atoms with E-state index in [1.165, 1.54) is 16.5 Å². The Bertz CT molecular complexity index is 648. The number of alkyl halides is 1. The average Bonchev–Trinajstić information content (AvgIpc) is 2.84. The fraction of sp³-hybridized carbons (Fsp3) is 0.133. The molecule has 2 nitrogen and oxygen atoms in total. The number of hydrogen-bond acceptors (Lipinski definition) is 2.